The highest BCUT2D eigenvalue weighted by Gasteiger charge is 2.33. The molecule has 0 saturated carbocycles. The monoisotopic (exact) mass is 205 g/mol. The Morgan fingerprint density at radius 1 is 1.40 bits per heavy atom. The smallest absolute Gasteiger partial charge is 0.253 e. The predicted octanol–water partition coefficient (Wildman–Crippen LogP) is 1.96. The largest absolute Gasteiger partial charge is 0.272 e. The van der Waals surface area contributed by atoms with Crippen LogP contribution < -0.4 is 0 Å². The minimum absolute atomic E-state index is 0.0595. The van der Waals surface area contributed by atoms with E-state index in [1.807, 2.05) is 24.3 Å². The topological polar surface area (TPSA) is 45.0 Å². The molecule has 1 amide bonds. The molecule has 4 heteroatoms. The normalized spacial score (nSPS) is 28.7. The lowest BCUT2D eigenvalue weighted by molar-refractivity contribution is -0.137. The molecular weight excluding hydrogens is 190 g/mol. The van der Waals surface area contributed by atoms with Crippen LogP contribution in [0.5, 0.6) is 0 Å². The van der Waals surface area contributed by atoms with Crippen molar-refractivity contribution in [2.75, 3.05) is 6.54 Å². The van der Waals surface area contributed by atoms with Crippen LogP contribution in [0, 0.1) is 11.8 Å². The molecule has 0 bridgehead atoms. The summed E-state index contributed by atoms with van der Waals surface area (Å²) in [6.07, 6.45) is 7.62. The fourth-order valence-corrected chi connectivity index (χ4v) is 1.74. The van der Waals surface area contributed by atoms with Gasteiger partial charge in [-0.25, -0.2) is 5.01 Å². The molecule has 0 saturated heterocycles. The second-order valence-electron chi connectivity index (χ2n) is 4.31. The zero-order valence-electron chi connectivity index (χ0n) is 9.00. The average molecular weight is 205 g/mol. The van der Waals surface area contributed by atoms with Gasteiger partial charge in [-0.1, -0.05) is 43.4 Å². The summed E-state index contributed by atoms with van der Waals surface area (Å²) in [4.78, 5) is 12.0. The van der Waals surface area contributed by atoms with Gasteiger partial charge < -0.3 is 0 Å². The Morgan fingerprint density at radius 2 is 2.13 bits per heavy atom. The summed E-state index contributed by atoms with van der Waals surface area (Å²) >= 11 is 0. The van der Waals surface area contributed by atoms with Gasteiger partial charge in [0, 0.05) is 6.54 Å². The molecule has 80 valence electrons. The van der Waals surface area contributed by atoms with Gasteiger partial charge in [-0.2, -0.15) is 5.11 Å². The van der Waals surface area contributed by atoms with E-state index in [1.54, 1.807) is 0 Å². The van der Waals surface area contributed by atoms with Crippen molar-refractivity contribution in [3.05, 3.63) is 24.3 Å². The maximum atomic E-state index is 12.0. The lowest BCUT2D eigenvalue weighted by atomic mass is 9.94. The number of nitrogens with zero attached hydrogens (tertiary/aromatic N) is 3. The molecule has 0 spiro atoms. The van der Waals surface area contributed by atoms with Crippen molar-refractivity contribution in [2.45, 2.75) is 19.9 Å². The van der Waals surface area contributed by atoms with E-state index in [1.165, 1.54) is 5.01 Å². The van der Waals surface area contributed by atoms with Crippen LogP contribution in [0.4, 0.5) is 0 Å². The number of allylic oxidation sites excluding steroid dienone is 2. The summed E-state index contributed by atoms with van der Waals surface area (Å²) in [6.45, 7) is 4.76. The molecule has 0 aromatic carbocycles. The Balaban J connectivity index is 2.16. The van der Waals surface area contributed by atoms with E-state index in [0.717, 1.165) is 0 Å². The Bertz CT molecular complexity index is 344. The molecule has 4 nitrogen and oxygen atoms in total. The van der Waals surface area contributed by atoms with Crippen LogP contribution in [0.2, 0.25) is 0 Å². The highest BCUT2D eigenvalue weighted by Crippen LogP contribution is 2.24. The maximum Gasteiger partial charge on any atom is 0.253 e. The van der Waals surface area contributed by atoms with Crippen LogP contribution in [0.3, 0.4) is 0 Å². The van der Waals surface area contributed by atoms with Crippen LogP contribution in [-0.4, -0.2) is 23.5 Å². The van der Waals surface area contributed by atoms with Crippen molar-refractivity contribution in [1.82, 2.24) is 5.01 Å². The van der Waals surface area contributed by atoms with Gasteiger partial charge in [0.25, 0.3) is 5.91 Å². The van der Waals surface area contributed by atoms with Crippen molar-refractivity contribution in [3.63, 3.8) is 0 Å². The van der Waals surface area contributed by atoms with Crippen LogP contribution in [0.1, 0.15) is 13.8 Å². The summed E-state index contributed by atoms with van der Waals surface area (Å²) in [6, 6.07) is -0.0917. The minimum atomic E-state index is -0.147. The van der Waals surface area contributed by atoms with Crippen molar-refractivity contribution >= 4 is 5.91 Å². The zero-order valence-corrected chi connectivity index (χ0v) is 9.00. The molecule has 2 aliphatic rings. The molecule has 0 N–H and O–H groups in total. The molecule has 0 aromatic heterocycles. The maximum absolute atomic E-state index is 12.0. The Morgan fingerprint density at radius 3 is 2.87 bits per heavy atom. The highest BCUT2D eigenvalue weighted by atomic mass is 16.2. The van der Waals surface area contributed by atoms with E-state index < -0.39 is 0 Å². The second-order valence-corrected chi connectivity index (χ2v) is 4.31. The van der Waals surface area contributed by atoms with Gasteiger partial charge >= 0.3 is 0 Å². The van der Waals surface area contributed by atoms with Crippen LogP contribution in [-0.2, 0) is 4.79 Å². The Kier molecular flexibility index (Phi) is 2.66. The first-order valence-corrected chi connectivity index (χ1v) is 5.25. The number of fused-ring (bicyclic) bond motifs is 1. The first-order chi connectivity index (χ1) is 7.18. The molecule has 15 heavy (non-hydrogen) atoms. The van der Waals surface area contributed by atoms with Gasteiger partial charge in [-0.3, -0.25) is 4.79 Å². The molecule has 1 aliphatic heterocycles. The van der Waals surface area contributed by atoms with Gasteiger partial charge in [0.05, 0.1) is 5.92 Å². The van der Waals surface area contributed by atoms with E-state index in [0.29, 0.717) is 12.5 Å². The van der Waals surface area contributed by atoms with Crippen LogP contribution >= 0.6 is 0 Å². The second kappa shape index (κ2) is 3.96. The third-order valence-electron chi connectivity index (χ3n) is 2.48. The molecule has 1 aliphatic carbocycles. The number of hydrogen-bond donors (Lipinski definition) is 0. The van der Waals surface area contributed by atoms with Crippen molar-refractivity contribution in [1.29, 1.82) is 0 Å². The van der Waals surface area contributed by atoms with Crippen LogP contribution in [0.15, 0.2) is 34.6 Å². The fraction of sp³-hybridized carbons (Fsp3) is 0.545. The Labute approximate surface area is 89.3 Å². The molecule has 0 fully saturated rings. The highest BCUT2D eigenvalue weighted by molar-refractivity contribution is 5.82. The quantitative estimate of drug-likeness (QED) is 0.679. The summed E-state index contributed by atoms with van der Waals surface area (Å²) in [5.74, 6) is 0.322. The lowest BCUT2D eigenvalue weighted by Crippen LogP contribution is -2.41. The standard InChI is InChI=1S/C11H15N3O/c1-8(2)7-14-11(15)9-5-3-4-6-10(9)12-13-14/h3-6,8-10H,7H2,1-2H3. The SMILES string of the molecule is CC(C)CN1N=NC2C=CC=CC2C1=O. The van der Waals surface area contributed by atoms with Gasteiger partial charge in [-0.15, -0.1) is 0 Å². The lowest BCUT2D eigenvalue weighted by Gasteiger charge is -2.29. The zero-order chi connectivity index (χ0) is 10.8. The van der Waals surface area contributed by atoms with Crippen molar-refractivity contribution in [3.8, 4) is 0 Å². The first-order valence-electron chi connectivity index (χ1n) is 5.25. The van der Waals surface area contributed by atoms with E-state index in [-0.39, 0.29) is 17.9 Å². The van der Waals surface area contributed by atoms with E-state index in [9.17, 15) is 4.79 Å². The van der Waals surface area contributed by atoms with Crippen molar-refractivity contribution < 1.29 is 4.79 Å². The molecule has 0 aromatic rings. The van der Waals surface area contributed by atoms with E-state index in [2.05, 4.69) is 24.2 Å². The third kappa shape index (κ3) is 1.98. The van der Waals surface area contributed by atoms with Gasteiger partial charge in [-0.05, 0) is 5.92 Å². The molecule has 2 atom stereocenters. The molecule has 1 heterocycles. The number of amides is 1. The fourth-order valence-electron chi connectivity index (χ4n) is 1.74. The third-order valence-corrected chi connectivity index (χ3v) is 2.48. The number of carbonyl (C=O) groups is 1. The molecular formula is C11H15N3O. The van der Waals surface area contributed by atoms with Gasteiger partial charge in [0.15, 0.2) is 0 Å². The minimum Gasteiger partial charge on any atom is -0.272 e. The average Bonchev–Trinajstić information content (AvgIpc) is 2.22. The molecule has 0 radical (unpaired) electrons. The predicted molar refractivity (Wildman–Crippen MR) is 57.0 cm³/mol. The molecule has 2 unspecified atom stereocenters. The van der Waals surface area contributed by atoms with Gasteiger partial charge in [0.2, 0.25) is 0 Å². The summed E-state index contributed by atoms with van der Waals surface area (Å²) in [7, 11) is 0. The molecule has 2 rings (SSSR count). The van der Waals surface area contributed by atoms with E-state index >= 15 is 0 Å². The van der Waals surface area contributed by atoms with Crippen LogP contribution in [0.25, 0.3) is 0 Å². The first kappa shape index (κ1) is 10.1. The Hall–Kier alpha value is -1.45. The summed E-state index contributed by atoms with van der Waals surface area (Å²) < 4.78 is 0. The van der Waals surface area contributed by atoms with Gasteiger partial charge in [0.1, 0.15) is 6.04 Å². The number of hydrogen-bond acceptors (Lipinski definition) is 3. The summed E-state index contributed by atoms with van der Waals surface area (Å²) in [5.41, 5.74) is 0. The number of carbonyl (C=O) groups excluding carboxylic acids is 1. The van der Waals surface area contributed by atoms with E-state index in [4.69, 9.17) is 0 Å². The summed E-state index contributed by atoms with van der Waals surface area (Å²) in [5, 5.41) is 9.57. The number of rotatable bonds is 2. The van der Waals surface area contributed by atoms with Crippen molar-refractivity contribution in [2.24, 2.45) is 22.2 Å².